The molecule has 0 atom stereocenters. The van der Waals surface area contributed by atoms with E-state index in [-0.39, 0.29) is 5.91 Å². The van der Waals surface area contributed by atoms with Gasteiger partial charge in [-0.3, -0.25) is 9.78 Å². The molecule has 0 radical (unpaired) electrons. The Bertz CT molecular complexity index is 604. The van der Waals surface area contributed by atoms with E-state index >= 15 is 0 Å². The van der Waals surface area contributed by atoms with E-state index in [0.29, 0.717) is 22.4 Å². The van der Waals surface area contributed by atoms with Crippen LogP contribution in [0.5, 0.6) is 0 Å². The van der Waals surface area contributed by atoms with E-state index < -0.39 is 0 Å². The quantitative estimate of drug-likeness (QED) is 0.932. The van der Waals surface area contributed by atoms with Crippen molar-refractivity contribution in [3.63, 3.8) is 0 Å². The lowest BCUT2D eigenvalue weighted by Crippen LogP contribution is -2.23. The Labute approximate surface area is 116 Å². The van der Waals surface area contributed by atoms with Crippen LogP contribution >= 0.6 is 11.6 Å². The molecule has 1 N–H and O–H groups in total. The molecule has 1 aliphatic rings. The van der Waals surface area contributed by atoms with Gasteiger partial charge < -0.3 is 9.88 Å². The third kappa shape index (κ3) is 2.36. The smallest absolute Gasteiger partial charge is 0.272 e. The maximum Gasteiger partial charge on any atom is 0.272 e. The first-order valence-corrected chi connectivity index (χ1v) is 6.71. The number of carbonyl (C=O) groups is 1. The van der Waals surface area contributed by atoms with Gasteiger partial charge in [-0.15, -0.1) is 0 Å². The van der Waals surface area contributed by atoms with E-state index in [0.717, 1.165) is 12.8 Å². The van der Waals surface area contributed by atoms with E-state index in [1.807, 2.05) is 22.9 Å². The molecule has 0 aliphatic heterocycles. The summed E-state index contributed by atoms with van der Waals surface area (Å²) in [5.74, 6) is -0.146. The van der Waals surface area contributed by atoms with Crippen molar-refractivity contribution >= 4 is 23.2 Å². The molecule has 5 heteroatoms. The number of halogens is 1. The summed E-state index contributed by atoms with van der Waals surface area (Å²) in [5.41, 5.74) is 1.21. The lowest BCUT2D eigenvalue weighted by Gasteiger charge is -2.28. The number of nitrogens with zero attached hydrogens (tertiary/aromatic N) is 2. The molecule has 98 valence electrons. The summed E-state index contributed by atoms with van der Waals surface area (Å²) in [6.07, 6.45) is 8.62. The van der Waals surface area contributed by atoms with Crippen molar-refractivity contribution in [2.45, 2.75) is 25.3 Å². The minimum atomic E-state index is -0.146. The summed E-state index contributed by atoms with van der Waals surface area (Å²) < 4.78 is 2.04. The molecule has 19 heavy (non-hydrogen) atoms. The molecule has 1 aliphatic carbocycles. The van der Waals surface area contributed by atoms with Gasteiger partial charge in [-0.05, 0) is 37.5 Å². The molecule has 2 aromatic heterocycles. The minimum absolute atomic E-state index is 0.146. The molecule has 0 aromatic carbocycles. The maximum absolute atomic E-state index is 12.3. The minimum Gasteiger partial charge on any atom is -0.340 e. The number of amides is 1. The van der Waals surface area contributed by atoms with Crippen LogP contribution in [-0.4, -0.2) is 15.5 Å². The second-order valence-electron chi connectivity index (χ2n) is 4.70. The van der Waals surface area contributed by atoms with Gasteiger partial charge in [0.05, 0.1) is 16.9 Å². The van der Waals surface area contributed by atoms with E-state index in [1.54, 1.807) is 18.5 Å². The first-order valence-electron chi connectivity index (χ1n) is 6.33. The Balaban J connectivity index is 1.81. The molecule has 0 spiro atoms. The third-order valence-corrected chi connectivity index (χ3v) is 3.83. The third-order valence-electron chi connectivity index (χ3n) is 3.50. The molecule has 1 saturated carbocycles. The fourth-order valence-corrected chi connectivity index (χ4v) is 2.38. The van der Waals surface area contributed by atoms with Crippen LogP contribution in [0.15, 0.2) is 36.8 Å². The molecular formula is C14H14ClN3O. The highest BCUT2D eigenvalue weighted by Gasteiger charge is 2.23. The van der Waals surface area contributed by atoms with Crippen LogP contribution < -0.4 is 5.32 Å². The molecule has 2 aromatic rings. The van der Waals surface area contributed by atoms with Gasteiger partial charge in [0.25, 0.3) is 5.91 Å². The number of anilines is 1. The topological polar surface area (TPSA) is 46.9 Å². The second-order valence-corrected chi connectivity index (χ2v) is 5.10. The van der Waals surface area contributed by atoms with Gasteiger partial charge in [0, 0.05) is 18.4 Å². The molecule has 3 rings (SSSR count). The Morgan fingerprint density at radius 3 is 2.95 bits per heavy atom. The number of hydrogen-bond acceptors (Lipinski definition) is 2. The van der Waals surface area contributed by atoms with E-state index in [4.69, 9.17) is 11.6 Å². The monoisotopic (exact) mass is 275 g/mol. The second kappa shape index (κ2) is 5.05. The van der Waals surface area contributed by atoms with Crippen molar-refractivity contribution < 1.29 is 4.79 Å². The number of aromatic nitrogens is 2. The van der Waals surface area contributed by atoms with Gasteiger partial charge in [-0.1, -0.05) is 11.6 Å². The molecule has 4 nitrogen and oxygen atoms in total. The van der Waals surface area contributed by atoms with Crippen molar-refractivity contribution in [3.05, 3.63) is 47.5 Å². The zero-order chi connectivity index (χ0) is 13.2. The number of nitrogens with one attached hydrogen (secondary N) is 1. The molecule has 0 bridgehead atoms. The number of carbonyl (C=O) groups excluding carboxylic acids is 1. The first kappa shape index (κ1) is 12.2. The average Bonchev–Trinajstić information content (AvgIpc) is 2.79. The molecule has 0 unspecified atom stereocenters. The van der Waals surface area contributed by atoms with Gasteiger partial charge in [-0.25, -0.2) is 0 Å². The molecule has 1 amide bonds. The van der Waals surface area contributed by atoms with Crippen LogP contribution in [0, 0.1) is 0 Å². The van der Waals surface area contributed by atoms with E-state index in [1.165, 1.54) is 6.42 Å². The van der Waals surface area contributed by atoms with Crippen molar-refractivity contribution in [1.29, 1.82) is 0 Å². The van der Waals surface area contributed by atoms with Crippen LogP contribution in [0.2, 0.25) is 5.02 Å². The van der Waals surface area contributed by atoms with Crippen LogP contribution in [0.4, 0.5) is 5.69 Å². The fraction of sp³-hybridized carbons (Fsp3) is 0.286. The summed E-state index contributed by atoms with van der Waals surface area (Å²) in [7, 11) is 0. The van der Waals surface area contributed by atoms with Crippen LogP contribution in [0.3, 0.4) is 0 Å². The summed E-state index contributed by atoms with van der Waals surface area (Å²) in [4.78, 5) is 16.2. The Morgan fingerprint density at radius 1 is 1.42 bits per heavy atom. The highest BCUT2D eigenvalue weighted by Crippen LogP contribution is 2.33. The van der Waals surface area contributed by atoms with Crippen molar-refractivity contribution in [2.24, 2.45) is 0 Å². The molecule has 1 fully saturated rings. The highest BCUT2D eigenvalue weighted by atomic mass is 35.5. The van der Waals surface area contributed by atoms with Crippen molar-refractivity contribution in [2.75, 3.05) is 5.32 Å². The maximum atomic E-state index is 12.3. The highest BCUT2D eigenvalue weighted by molar-refractivity contribution is 6.33. The van der Waals surface area contributed by atoms with Gasteiger partial charge in [0.15, 0.2) is 0 Å². The zero-order valence-corrected chi connectivity index (χ0v) is 11.1. The zero-order valence-electron chi connectivity index (χ0n) is 10.3. The summed E-state index contributed by atoms with van der Waals surface area (Å²) in [6.45, 7) is 0. The van der Waals surface area contributed by atoms with E-state index in [9.17, 15) is 4.79 Å². The largest absolute Gasteiger partial charge is 0.340 e. The van der Waals surface area contributed by atoms with Crippen molar-refractivity contribution in [1.82, 2.24) is 9.55 Å². The Kier molecular flexibility index (Phi) is 3.25. The number of rotatable bonds is 3. The lowest BCUT2D eigenvalue weighted by atomic mass is 9.93. The standard InChI is InChI=1S/C14H14ClN3O/c15-11-6-7-16-9-12(11)17-14(19)13-5-2-8-18(13)10-3-1-4-10/h2,5-10H,1,3-4H2,(H,17,19). The van der Waals surface area contributed by atoms with Crippen LogP contribution in [0.1, 0.15) is 35.8 Å². The van der Waals surface area contributed by atoms with E-state index in [2.05, 4.69) is 10.3 Å². The normalized spacial score (nSPS) is 15.0. The molecule has 2 heterocycles. The number of pyridine rings is 1. The van der Waals surface area contributed by atoms with Gasteiger partial charge >= 0.3 is 0 Å². The Morgan fingerprint density at radius 2 is 2.26 bits per heavy atom. The fourth-order valence-electron chi connectivity index (χ4n) is 2.23. The predicted octanol–water partition coefficient (Wildman–Crippen LogP) is 3.51. The van der Waals surface area contributed by atoms with Gasteiger partial charge in [0.2, 0.25) is 0 Å². The molecular weight excluding hydrogens is 262 g/mol. The summed E-state index contributed by atoms with van der Waals surface area (Å²) in [5, 5.41) is 3.29. The average molecular weight is 276 g/mol. The number of hydrogen-bond donors (Lipinski definition) is 1. The Hall–Kier alpha value is -1.81. The summed E-state index contributed by atoms with van der Waals surface area (Å²) in [6, 6.07) is 5.85. The summed E-state index contributed by atoms with van der Waals surface area (Å²) >= 11 is 6.01. The molecule has 0 saturated heterocycles. The first-order chi connectivity index (χ1) is 9.25. The van der Waals surface area contributed by atoms with Gasteiger partial charge in [0.1, 0.15) is 5.69 Å². The van der Waals surface area contributed by atoms with Crippen LogP contribution in [0.25, 0.3) is 0 Å². The lowest BCUT2D eigenvalue weighted by molar-refractivity contribution is 0.101. The predicted molar refractivity (Wildman–Crippen MR) is 74.5 cm³/mol. The van der Waals surface area contributed by atoms with Gasteiger partial charge in [-0.2, -0.15) is 0 Å². The van der Waals surface area contributed by atoms with Crippen molar-refractivity contribution in [3.8, 4) is 0 Å². The SMILES string of the molecule is O=C(Nc1cnccc1Cl)c1cccn1C1CCC1. The van der Waals surface area contributed by atoms with Crippen LogP contribution in [-0.2, 0) is 0 Å².